The summed E-state index contributed by atoms with van der Waals surface area (Å²) in [7, 11) is 3.23. The summed E-state index contributed by atoms with van der Waals surface area (Å²) in [5.41, 5.74) is 3.23. The minimum atomic E-state index is -0.523. The molecule has 220 valence electrons. The molecule has 0 spiro atoms. The first-order valence-corrected chi connectivity index (χ1v) is 13.9. The zero-order chi connectivity index (χ0) is 29.9. The fraction of sp³-hybridized carbons (Fsp3) is 0.250. The fourth-order valence-corrected chi connectivity index (χ4v) is 5.22. The molecule has 1 saturated heterocycles. The number of likely N-dealkylation sites (tertiary alicyclic amines) is 1. The van der Waals surface area contributed by atoms with E-state index in [1.807, 2.05) is 42.5 Å². The summed E-state index contributed by atoms with van der Waals surface area (Å²) >= 11 is 0. The zero-order valence-corrected chi connectivity index (χ0v) is 23.8. The number of amides is 3. The van der Waals surface area contributed by atoms with Gasteiger partial charge in [0, 0.05) is 31.3 Å². The number of hydrogen-bond donors (Lipinski definition) is 2. The topological polar surface area (TPSA) is 124 Å². The van der Waals surface area contributed by atoms with E-state index in [1.54, 1.807) is 47.0 Å². The number of benzene rings is 3. The van der Waals surface area contributed by atoms with Crippen molar-refractivity contribution in [2.24, 2.45) is 7.05 Å². The minimum Gasteiger partial charge on any atom is -0.493 e. The molecule has 0 saturated carbocycles. The van der Waals surface area contributed by atoms with Gasteiger partial charge in [0.25, 0.3) is 17.7 Å². The normalized spacial score (nSPS) is 18.5. The molecule has 1 aromatic heterocycles. The van der Waals surface area contributed by atoms with Crippen molar-refractivity contribution in [2.45, 2.75) is 18.7 Å². The molecule has 7 rings (SSSR count). The van der Waals surface area contributed by atoms with Crippen molar-refractivity contribution in [3.63, 3.8) is 0 Å². The fourth-order valence-electron chi connectivity index (χ4n) is 5.22. The van der Waals surface area contributed by atoms with E-state index >= 15 is 0 Å². The van der Waals surface area contributed by atoms with Gasteiger partial charge in [-0.15, -0.1) is 0 Å². The maximum Gasteiger partial charge on any atom is 0.272 e. The van der Waals surface area contributed by atoms with Crippen LogP contribution in [0.4, 0.5) is 0 Å². The first kappa shape index (κ1) is 27.8. The molecule has 3 aromatic carbocycles. The molecule has 0 radical (unpaired) electrons. The summed E-state index contributed by atoms with van der Waals surface area (Å²) in [5, 5.41) is 10.4. The van der Waals surface area contributed by atoms with E-state index in [2.05, 4.69) is 15.7 Å². The summed E-state index contributed by atoms with van der Waals surface area (Å²) in [6, 6.07) is 23.0. The molecule has 4 bridgehead atoms. The van der Waals surface area contributed by atoms with Crippen LogP contribution in [0.5, 0.6) is 17.2 Å². The predicted molar refractivity (Wildman–Crippen MR) is 157 cm³/mol. The first-order chi connectivity index (χ1) is 20.9. The highest BCUT2D eigenvalue weighted by atomic mass is 16.5. The summed E-state index contributed by atoms with van der Waals surface area (Å²) in [4.78, 5) is 41.3. The average Bonchev–Trinajstić information content (AvgIpc) is 3.62. The number of fused-ring (bicyclic) bond motifs is 7. The van der Waals surface area contributed by atoms with Crippen molar-refractivity contribution in [2.75, 3.05) is 26.8 Å². The van der Waals surface area contributed by atoms with Gasteiger partial charge in [-0.1, -0.05) is 42.5 Å². The second-order valence-electron chi connectivity index (χ2n) is 10.4. The second kappa shape index (κ2) is 11.9. The molecule has 11 nitrogen and oxygen atoms in total. The molecule has 2 N–H and O–H groups in total. The van der Waals surface area contributed by atoms with Gasteiger partial charge in [0.05, 0.1) is 25.4 Å². The molecule has 1 fully saturated rings. The van der Waals surface area contributed by atoms with Crippen molar-refractivity contribution >= 4 is 17.7 Å². The van der Waals surface area contributed by atoms with Crippen molar-refractivity contribution in [1.82, 2.24) is 25.3 Å². The number of methoxy groups -OCH3 is 1. The van der Waals surface area contributed by atoms with Crippen LogP contribution in [0, 0.1) is 0 Å². The number of aromatic nitrogens is 2. The van der Waals surface area contributed by atoms with Crippen LogP contribution in [0.1, 0.15) is 26.4 Å². The van der Waals surface area contributed by atoms with Crippen LogP contribution in [-0.2, 0) is 18.4 Å². The molecule has 3 amide bonds. The van der Waals surface area contributed by atoms with Crippen LogP contribution in [0.2, 0.25) is 0 Å². The molecule has 11 heteroatoms. The lowest BCUT2D eigenvalue weighted by Gasteiger charge is -2.21. The van der Waals surface area contributed by atoms with Crippen LogP contribution >= 0.6 is 0 Å². The van der Waals surface area contributed by atoms with E-state index in [1.165, 1.54) is 13.2 Å². The molecule has 3 aliphatic rings. The van der Waals surface area contributed by atoms with E-state index in [0.717, 1.165) is 11.1 Å². The van der Waals surface area contributed by atoms with Gasteiger partial charge in [0.1, 0.15) is 17.5 Å². The average molecular weight is 582 g/mol. The zero-order valence-electron chi connectivity index (χ0n) is 23.8. The van der Waals surface area contributed by atoms with E-state index in [9.17, 15) is 14.4 Å². The van der Waals surface area contributed by atoms with Gasteiger partial charge in [0.15, 0.2) is 18.1 Å². The molecule has 43 heavy (non-hydrogen) atoms. The Bertz CT molecular complexity index is 1650. The summed E-state index contributed by atoms with van der Waals surface area (Å²) in [5.74, 6) is 0.333. The number of aryl methyl sites for hydroxylation is 1. The molecule has 3 aliphatic heterocycles. The lowest BCUT2D eigenvalue weighted by Crippen LogP contribution is -2.45. The minimum absolute atomic E-state index is 0.212. The molecular formula is C32H31N5O6. The number of ether oxygens (including phenoxy) is 3. The van der Waals surface area contributed by atoms with Crippen LogP contribution in [0.3, 0.4) is 0 Å². The van der Waals surface area contributed by atoms with Gasteiger partial charge < -0.3 is 29.7 Å². The van der Waals surface area contributed by atoms with Crippen molar-refractivity contribution in [3.05, 3.63) is 95.7 Å². The SMILES string of the molecule is COc1ccc2cc1OCC(=O)NCc1ccc(cc1)O[C@H]1CN(C(=O)c3cc(-c4ccccc4)nn3C)C[C@@H]1NC2=O. The highest BCUT2D eigenvalue weighted by molar-refractivity contribution is 5.96. The Kier molecular flexibility index (Phi) is 7.69. The third-order valence-electron chi connectivity index (χ3n) is 7.52. The Morgan fingerprint density at radius 3 is 2.53 bits per heavy atom. The van der Waals surface area contributed by atoms with Crippen LogP contribution in [0.25, 0.3) is 11.3 Å². The molecular weight excluding hydrogens is 550 g/mol. The Morgan fingerprint density at radius 1 is 0.977 bits per heavy atom. The Hall–Kier alpha value is -5.32. The summed E-state index contributed by atoms with van der Waals surface area (Å²) < 4.78 is 19.0. The lowest BCUT2D eigenvalue weighted by atomic mass is 10.1. The van der Waals surface area contributed by atoms with E-state index in [0.29, 0.717) is 35.0 Å². The van der Waals surface area contributed by atoms with Crippen LogP contribution < -0.4 is 24.8 Å². The molecule has 0 unspecified atom stereocenters. The summed E-state index contributed by atoms with van der Waals surface area (Å²) in [6.45, 7) is 0.551. The number of carbonyl (C=O) groups excluding carboxylic acids is 3. The third kappa shape index (κ3) is 6.01. The predicted octanol–water partition coefficient (Wildman–Crippen LogP) is 2.81. The number of rotatable bonds is 3. The Balaban J connectivity index is 1.29. The standard InChI is InChI=1S/C32H31N5O6/c1-36-26(15-24(35-36)21-6-4-3-5-7-21)32(40)37-17-25-29(18-37)43-23-11-8-20(9-12-23)16-33-30(38)19-42-28-14-22(31(39)34-25)10-13-27(28)41-2/h3-15,25,29H,16-19H2,1-2H3,(H,33,38)(H,34,39)/t25-,29-/m0/s1. The highest BCUT2D eigenvalue weighted by Gasteiger charge is 2.39. The van der Waals surface area contributed by atoms with E-state index in [4.69, 9.17) is 14.2 Å². The van der Waals surface area contributed by atoms with Gasteiger partial charge in [0.2, 0.25) is 0 Å². The Morgan fingerprint density at radius 2 is 1.77 bits per heavy atom. The lowest BCUT2D eigenvalue weighted by molar-refractivity contribution is -0.123. The molecule has 4 heterocycles. The third-order valence-corrected chi connectivity index (χ3v) is 7.52. The number of nitrogens with zero attached hydrogens (tertiary/aromatic N) is 3. The maximum absolute atomic E-state index is 13.7. The number of hydrogen-bond acceptors (Lipinski definition) is 7. The summed E-state index contributed by atoms with van der Waals surface area (Å²) in [6.07, 6.45) is -0.523. The number of nitrogens with one attached hydrogen (secondary N) is 2. The maximum atomic E-state index is 13.7. The van der Waals surface area contributed by atoms with Gasteiger partial charge in [-0.05, 0) is 42.0 Å². The van der Waals surface area contributed by atoms with E-state index < -0.39 is 12.1 Å². The molecule has 4 aromatic rings. The van der Waals surface area contributed by atoms with Crippen molar-refractivity contribution in [1.29, 1.82) is 0 Å². The van der Waals surface area contributed by atoms with Crippen molar-refractivity contribution < 1.29 is 28.6 Å². The highest BCUT2D eigenvalue weighted by Crippen LogP contribution is 2.29. The smallest absolute Gasteiger partial charge is 0.272 e. The molecule has 0 aliphatic carbocycles. The van der Waals surface area contributed by atoms with Gasteiger partial charge in [-0.25, -0.2) is 0 Å². The largest absolute Gasteiger partial charge is 0.493 e. The monoisotopic (exact) mass is 581 g/mol. The van der Waals surface area contributed by atoms with Gasteiger partial charge >= 0.3 is 0 Å². The van der Waals surface area contributed by atoms with Crippen LogP contribution in [-0.4, -0.2) is 71.4 Å². The van der Waals surface area contributed by atoms with Crippen molar-refractivity contribution in [3.8, 4) is 28.5 Å². The quantitative estimate of drug-likeness (QED) is 0.381. The van der Waals surface area contributed by atoms with Crippen LogP contribution in [0.15, 0.2) is 78.9 Å². The second-order valence-corrected chi connectivity index (χ2v) is 10.4. The first-order valence-electron chi connectivity index (χ1n) is 13.9. The van der Waals surface area contributed by atoms with Gasteiger partial charge in [-0.3, -0.25) is 19.1 Å². The number of carbonyl (C=O) groups is 3. The van der Waals surface area contributed by atoms with E-state index in [-0.39, 0.29) is 43.2 Å². The molecule has 2 atom stereocenters. The Labute approximate surface area is 248 Å². The van der Waals surface area contributed by atoms with Gasteiger partial charge in [-0.2, -0.15) is 5.10 Å².